The lowest BCUT2D eigenvalue weighted by molar-refractivity contribution is -0.732. The molecule has 0 saturated heterocycles. The fourth-order valence-corrected chi connectivity index (χ4v) is 7.90. The second-order valence-corrected chi connectivity index (χ2v) is 20.9. The van der Waals surface area contributed by atoms with E-state index >= 15 is 0 Å². The van der Waals surface area contributed by atoms with E-state index in [1.54, 1.807) is 4.80 Å². The molecule has 9 heteroatoms. The Kier molecular flexibility index (Phi) is 13.1. The van der Waals surface area contributed by atoms with Crippen LogP contribution < -0.4 is 21.5 Å². The first-order valence-electron chi connectivity index (χ1n) is 19.2. The monoisotopic (exact) mass is 810 g/mol. The van der Waals surface area contributed by atoms with Crippen LogP contribution in [0.4, 0.5) is 0 Å². The van der Waals surface area contributed by atoms with Crippen molar-refractivity contribution in [2.75, 3.05) is 6.61 Å². The standard InChI is InChI=1S/C46H51N6OSi.BrH/c1-5-6-24-42-34-50(36-53-31-32-54(2,3)4)35-51(42)33-37-27-29-38(30-28-37)43-25-16-17-26-44(43)45-47-49-52(48-45)46(39-18-10-7-11-19-39,40-20-12-8-13-21-40)41-22-14-9-15-23-41;/h7-23,25-30,34-35H,5-6,24,31-33,36H2,1-4H3;1H/q+1;/p-1. The molecule has 5 aromatic carbocycles. The summed E-state index contributed by atoms with van der Waals surface area (Å²) < 4.78 is 10.7. The Morgan fingerprint density at radius 1 is 0.709 bits per heavy atom. The zero-order valence-corrected chi connectivity index (χ0v) is 34.9. The second kappa shape index (κ2) is 18.1. The SMILES string of the molecule is CCCCc1c[n+](COCC[Si](C)(C)C)cn1Cc1ccc(-c2ccccc2-c2nnn(C(c3ccccc3)(c3ccccc3)c3ccccc3)n2)cc1.[Br-]. The molecule has 2 heterocycles. The number of hydrogen-bond donors (Lipinski definition) is 0. The number of tetrazole rings is 1. The Hall–Kier alpha value is -4.96. The van der Waals surface area contributed by atoms with Crippen molar-refractivity contribution in [3.63, 3.8) is 0 Å². The molecule has 0 saturated carbocycles. The summed E-state index contributed by atoms with van der Waals surface area (Å²) in [6.45, 7) is 11.6. The van der Waals surface area contributed by atoms with Crippen LogP contribution in [-0.4, -0.2) is 39.5 Å². The van der Waals surface area contributed by atoms with Crippen molar-refractivity contribution in [3.8, 4) is 22.5 Å². The van der Waals surface area contributed by atoms with Crippen molar-refractivity contribution in [1.29, 1.82) is 0 Å². The van der Waals surface area contributed by atoms with Crippen LogP contribution in [0.15, 0.2) is 152 Å². The van der Waals surface area contributed by atoms with Gasteiger partial charge in [-0.15, -0.1) is 15.0 Å². The number of unbranched alkanes of at least 4 members (excludes halogenated alkanes) is 1. The average Bonchev–Trinajstić information content (AvgIpc) is 3.85. The number of halogens is 1. The molecule has 7 aromatic rings. The predicted molar refractivity (Wildman–Crippen MR) is 220 cm³/mol. The molecule has 0 unspecified atom stereocenters. The van der Waals surface area contributed by atoms with Crippen LogP contribution in [0.5, 0.6) is 0 Å². The van der Waals surface area contributed by atoms with Crippen molar-refractivity contribution >= 4 is 8.07 Å². The van der Waals surface area contributed by atoms with E-state index in [0.717, 1.165) is 59.4 Å². The van der Waals surface area contributed by atoms with Gasteiger partial charge in [-0.1, -0.05) is 173 Å². The Morgan fingerprint density at radius 3 is 1.84 bits per heavy atom. The molecule has 0 aliphatic heterocycles. The summed E-state index contributed by atoms with van der Waals surface area (Å²) in [4.78, 5) is 1.79. The lowest BCUT2D eigenvalue weighted by atomic mass is 9.77. The third-order valence-corrected chi connectivity index (χ3v) is 11.8. The highest BCUT2D eigenvalue weighted by Gasteiger charge is 2.41. The quantitative estimate of drug-likeness (QED) is 0.0476. The maximum absolute atomic E-state index is 6.09. The summed E-state index contributed by atoms with van der Waals surface area (Å²) in [5, 5.41) is 14.7. The molecule has 7 rings (SSSR count). The molecule has 0 N–H and O–H groups in total. The van der Waals surface area contributed by atoms with Crippen LogP contribution in [0, 0.1) is 0 Å². The van der Waals surface area contributed by atoms with Crippen molar-refractivity contribution in [1.82, 2.24) is 24.8 Å². The number of aryl methyl sites for hydroxylation is 1. The van der Waals surface area contributed by atoms with Gasteiger partial charge in [0.25, 0.3) is 0 Å². The number of imidazole rings is 1. The van der Waals surface area contributed by atoms with E-state index in [-0.39, 0.29) is 17.0 Å². The molecule has 2 aromatic heterocycles. The summed E-state index contributed by atoms with van der Waals surface area (Å²) in [5.74, 6) is 0.575. The first-order chi connectivity index (χ1) is 26.3. The third-order valence-electron chi connectivity index (χ3n) is 10.1. The van der Waals surface area contributed by atoms with Crippen LogP contribution >= 0.6 is 0 Å². The Balaban J connectivity index is 0.00000514. The maximum Gasteiger partial charge on any atom is 0.246 e. The lowest BCUT2D eigenvalue weighted by Gasteiger charge is -2.34. The van der Waals surface area contributed by atoms with Crippen molar-refractivity contribution < 1.29 is 26.3 Å². The summed E-state index contributed by atoms with van der Waals surface area (Å²) in [5.41, 5.74) is 8.01. The van der Waals surface area contributed by atoms with E-state index in [0.29, 0.717) is 12.6 Å². The van der Waals surface area contributed by atoms with Crippen molar-refractivity contribution in [3.05, 3.63) is 180 Å². The smallest absolute Gasteiger partial charge is 0.246 e. The second-order valence-electron chi connectivity index (χ2n) is 15.3. The molecule has 0 spiro atoms. The lowest BCUT2D eigenvalue weighted by Crippen LogP contribution is -3.00. The van der Waals surface area contributed by atoms with Gasteiger partial charge in [0.1, 0.15) is 18.4 Å². The third kappa shape index (κ3) is 9.13. The van der Waals surface area contributed by atoms with E-state index in [2.05, 4.69) is 163 Å². The van der Waals surface area contributed by atoms with Gasteiger partial charge in [0.2, 0.25) is 12.2 Å². The highest BCUT2D eigenvalue weighted by atomic mass is 79.9. The van der Waals surface area contributed by atoms with Gasteiger partial charge >= 0.3 is 0 Å². The van der Waals surface area contributed by atoms with E-state index in [4.69, 9.17) is 20.1 Å². The largest absolute Gasteiger partial charge is 1.00 e. The van der Waals surface area contributed by atoms with Gasteiger partial charge in [-0.25, -0.2) is 9.13 Å². The normalized spacial score (nSPS) is 11.7. The topological polar surface area (TPSA) is 61.6 Å². The van der Waals surface area contributed by atoms with Crippen LogP contribution in [0.3, 0.4) is 0 Å². The number of nitrogens with zero attached hydrogens (tertiary/aromatic N) is 6. The highest BCUT2D eigenvalue weighted by Crippen LogP contribution is 2.40. The molecule has 0 bridgehead atoms. The van der Waals surface area contributed by atoms with Gasteiger partial charge in [0.15, 0.2) is 12.3 Å². The molecule has 0 amide bonds. The molecule has 0 aliphatic rings. The number of ether oxygens (including phenoxy) is 1. The summed E-state index contributed by atoms with van der Waals surface area (Å²) in [6, 6.07) is 49.8. The molecule has 0 aliphatic carbocycles. The van der Waals surface area contributed by atoms with Gasteiger partial charge in [0, 0.05) is 26.7 Å². The molecular weight excluding hydrogens is 761 g/mol. The van der Waals surface area contributed by atoms with Crippen molar-refractivity contribution in [2.24, 2.45) is 0 Å². The molecule has 282 valence electrons. The first-order valence-corrected chi connectivity index (χ1v) is 22.9. The highest BCUT2D eigenvalue weighted by molar-refractivity contribution is 6.76. The zero-order chi connectivity index (χ0) is 37.4. The summed E-state index contributed by atoms with van der Waals surface area (Å²) >= 11 is 0. The Bertz CT molecular complexity index is 2140. The molecule has 0 radical (unpaired) electrons. The summed E-state index contributed by atoms with van der Waals surface area (Å²) in [6.07, 6.45) is 7.85. The molecule has 55 heavy (non-hydrogen) atoms. The Labute approximate surface area is 337 Å². The van der Waals surface area contributed by atoms with Crippen LogP contribution in [0.25, 0.3) is 22.5 Å². The zero-order valence-electron chi connectivity index (χ0n) is 32.4. The molecule has 0 fully saturated rings. The van der Waals surface area contributed by atoms with E-state index < -0.39 is 13.6 Å². The molecule has 0 atom stereocenters. The van der Waals surface area contributed by atoms with Crippen LogP contribution in [-0.2, 0) is 30.0 Å². The fraction of sp³-hybridized carbons (Fsp3) is 0.261. The molecular formula is C46H51BrN6OSi. The van der Waals surface area contributed by atoms with E-state index in [1.807, 2.05) is 24.3 Å². The van der Waals surface area contributed by atoms with Gasteiger partial charge in [-0.05, 0) is 51.1 Å². The van der Waals surface area contributed by atoms with Crippen molar-refractivity contribution in [2.45, 2.75) is 70.7 Å². The van der Waals surface area contributed by atoms with Gasteiger partial charge in [-0.2, -0.15) is 0 Å². The maximum atomic E-state index is 6.09. The summed E-state index contributed by atoms with van der Waals surface area (Å²) in [7, 11) is -1.12. The predicted octanol–water partition coefficient (Wildman–Crippen LogP) is 6.64. The van der Waals surface area contributed by atoms with Gasteiger partial charge in [0.05, 0.1) is 0 Å². The Morgan fingerprint density at radius 2 is 1.27 bits per heavy atom. The van der Waals surface area contributed by atoms with E-state index in [9.17, 15) is 0 Å². The number of rotatable bonds is 16. The van der Waals surface area contributed by atoms with E-state index in [1.165, 1.54) is 23.7 Å². The fourth-order valence-electron chi connectivity index (χ4n) is 7.14. The number of aromatic nitrogens is 6. The first kappa shape index (κ1) is 39.7. The minimum Gasteiger partial charge on any atom is -1.00 e. The number of benzene rings is 5. The minimum atomic E-state index is -1.12. The average molecular weight is 812 g/mol. The molecule has 7 nitrogen and oxygen atoms in total. The number of hydrogen-bond acceptors (Lipinski definition) is 4. The minimum absolute atomic E-state index is 0. The van der Waals surface area contributed by atoms with Gasteiger partial charge < -0.3 is 21.7 Å². The van der Waals surface area contributed by atoms with Crippen LogP contribution in [0.1, 0.15) is 47.7 Å². The van der Waals surface area contributed by atoms with Gasteiger partial charge in [-0.3, -0.25) is 0 Å². The van der Waals surface area contributed by atoms with Crippen LogP contribution in [0.2, 0.25) is 25.7 Å².